The smallest absolute Gasteiger partial charge is 0.350 e. The molecule has 15 heteroatoms. The van der Waals surface area contributed by atoms with E-state index in [0.717, 1.165) is 48.5 Å². The van der Waals surface area contributed by atoms with Crippen molar-refractivity contribution in [1.29, 1.82) is 0 Å². The van der Waals surface area contributed by atoms with E-state index in [9.17, 15) is 60.7 Å². The maximum Gasteiger partial charge on any atom is 0.350 e. The van der Waals surface area contributed by atoms with Gasteiger partial charge in [0.2, 0.25) is 5.60 Å². The Morgan fingerprint density at radius 2 is 1.37 bits per heavy atom. The van der Waals surface area contributed by atoms with E-state index in [2.05, 4.69) is 0 Å². The lowest BCUT2D eigenvalue weighted by Crippen LogP contribution is -2.50. The van der Waals surface area contributed by atoms with E-state index in [1.165, 1.54) is 18.2 Å². The third-order valence-corrected chi connectivity index (χ3v) is 9.55. The van der Waals surface area contributed by atoms with Crippen molar-refractivity contribution in [2.45, 2.75) is 55.2 Å². The summed E-state index contributed by atoms with van der Waals surface area (Å²) in [5, 5.41) is 108. The van der Waals surface area contributed by atoms with Gasteiger partial charge in [-0.25, -0.2) is 4.79 Å². The number of rotatable bonds is 5. The molecule has 6 atom stereocenters. The Balaban J connectivity index is 1.40. The summed E-state index contributed by atoms with van der Waals surface area (Å²) in [6.45, 7) is 0. The van der Waals surface area contributed by atoms with Crippen LogP contribution in [0.15, 0.2) is 66.7 Å². The molecule has 52 heavy (non-hydrogen) atoms. The van der Waals surface area contributed by atoms with Gasteiger partial charge in [0, 0.05) is 53.3 Å². The van der Waals surface area contributed by atoms with Crippen molar-refractivity contribution in [2.24, 2.45) is 0 Å². The van der Waals surface area contributed by atoms with E-state index in [0.29, 0.717) is 6.42 Å². The van der Waals surface area contributed by atoms with Gasteiger partial charge in [-0.3, -0.25) is 4.79 Å². The number of allylic oxidation sites excluding steroid dienone is 1. The van der Waals surface area contributed by atoms with E-state index in [4.69, 9.17) is 14.2 Å². The predicted molar refractivity (Wildman–Crippen MR) is 176 cm³/mol. The van der Waals surface area contributed by atoms with E-state index in [-0.39, 0.29) is 52.2 Å². The molecule has 0 fully saturated rings. The monoisotopic (exact) mass is 716 g/mol. The molecule has 0 saturated carbocycles. The molecule has 4 aromatic rings. The number of esters is 1. The second-order valence-electron chi connectivity index (χ2n) is 12.8. The SMILES string of the molecule is O=C1CCC=CC1(O)C(=O)O[C@H]1Cc2c(O)cc(O)c(C3c4c(O)cc(O)cc4O[C@H](c4ccc(O)c(O)c4)[C@@H]3O)c2O[C@@H]1c1ccc(O)c(O)c1. The highest BCUT2D eigenvalue weighted by Crippen LogP contribution is 2.57. The largest absolute Gasteiger partial charge is 0.508 e. The summed E-state index contributed by atoms with van der Waals surface area (Å²) in [6.07, 6.45) is -3.64. The number of aliphatic hydroxyl groups is 2. The van der Waals surface area contributed by atoms with Crippen molar-refractivity contribution in [1.82, 2.24) is 0 Å². The third-order valence-electron chi connectivity index (χ3n) is 9.55. The Labute approximate surface area is 293 Å². The molecule has 0 spiro atoms. The maximum atomic E-state index is 13.4. The van der Waals surface area contributed by atoms with Gasteiger partial charge in [0.1, 0.15) is 46.7 Å². The summed E-state index contributed by atoms with van der Waals surface area (Å²) in [5.74, 6) is -8.26. The normalized spacial score (nSPS) is 25.0. The number of hydrogen-bond donors (Lipinski definition) is 10. The molecule has 2 unspecified atom stereocenters. The lowest BCUT2D eigenvalue weighted by molar-refractivity contribution is -0.175. The molecule has 7 rings (SSSR count). The Morgan fingerprint density at radius 1 is 0.731 bits per heavy atom. The van der Waals surface area contributed by atoms with E-state index in [1.54, 1.807) is 0 Å². The van der Waals surface area contributed by atoms with Crippen LogP contribution in [0.3, 0.4) is 0 Å². The Bertz CT molecular complexity index is 2160. The first-order valence-electron chi connectivity index (χ1n) is 16.0. The predicted octanol–water partition coefficient (Wildman–Crippen LogP) is 3.20. The molecule has 0 bridgehead atoms. The zero-order chi connectivity index (χ0) is 37.2. The highest BCUT2D eigenvalue weighted by Gasteiger charge is 2.49. The Kier molecular flexibility index (Phi) is 8.19. The van der Waals surface area contributed by atoms with E-state index < -0.39 is 93.7 Å². The van der Waals surface area contributed by atoms with Crippen LogP contribution in [0.5, 0.6) is 57.5 Å². The number of aromatic hydroxyl groups is 8. The van der Waals surface area contributed by atoms with Crippen molar-refractivity contribution >= 4 is 11.8 Å². The fourth-order valence-corrected chi connectivity index (χ4v) is 6.96. The van der Waals surface area contributed by atoms with Crippen LogP contribution in [0.25, 0.3) is 0 Å². The Morgan fingerprint density at radius 3 is 2.00 bits per heavy atom. The van der Waals surface area contributed by atoms with Gasteiger partial charge < -0.3 is 65.3 Å². The molecule has 0 amide bonds. The number of carbonyl (C=O) groups is 2. The fraction of sp³-hybridized carbons (Fsp3) is 0.243. The molecule has 2 aliphatic heterocycles. The lowest BCUT2D eigenvalue weighted by atomic mass is 9.77. The molecule has 0 radical (unpaired) electrons. The second-order valence-corrected chi connectivity index (χ2v) is 12.8. The zero-order valence-electron chi connectivity index (χ0n) is 26.9. The number of phenols is 8. The van der Waals surface area contributed by atoms with Gasteiger partial charge >= 0.3 is 5.97 Å². The number of Topliss-reactive ketones (excluding diaryl/α,β-unsaturated/α-hetero) is 1. The molecule has 2 heterocycles. The van der Waals surface area contributed by atoms with Gasteiger partial charge in [-0.15, -0.1) is 0 Å². The summed E-state index contributed by atoms with van der Waals surface area (Å²) < 4.78 is 18.1. The zero-order valence-corrected chi connectivity index (χ0v) is 26.9. The van der Waals surface area contributed by atoms with Crippen LogP contribution in [-0.4, -0.2) is 80.6 Å². The van der Waals surface area contributed by atoms with Gasteiger partial charge in [0.05, 0.1) is 5.92 Å². The number of phenolic OH excluding ortho intramolecular Hbond substituents is 8. The van der Waals surface area contributed by atoms with Crippen molar-refractivity contribution in [3.8, 4) is 57.5 Å². The molecule has 3 aliphatic rings. The quantitative estimate of drug-likeness (QED) is 0.0615. The molecular weight excluding hydrogens is 684 g/mol. The van der Waals surface area contributed by atoms with Crippen LogP contribution in [0.2, 0.25) is 0 Å². The number of hydrogen-bond acceptors (Lipinski definition) is 15. The lowest BCUT2D eigenvalue weighted by Gasteiger charge is -2.41. The third kappa shape index (κ3) is 5.56. The summed E-state index contributed by atoms with van der Waals surface area (Å²) in [4.78, 5) is 26.0. The number of aliphatic hydroxyl groups excluding tert-OH is 1. The molecule has 0 aromatic heterocycles. The fourth-order valence-electron chi connectivity index (χ4n) is 6.96. The van der Waals surface area contributed by atoms with E-state index in [1.807, 2.05) is 0 Å². The highest BCUT2D eigenvalue weighted by molar-refractivity contribution is 6.09. The van der Waals surface area contributed by atoms with Crippen molar-refractivity contribution < 1.29 is 74.9 Å². The average Bonchev–Trinajstić information content (AvgIpc) is 3.09. The first kappa shape index (κ1) is 34.1. The van der Waals surface area contributed by atoms with Gasteiger partial charge in [0.15, 0.2) is 41.0 Å². The molecule has 4 aromatic carbocycles. The van der Waals surface area contributed by atoms with Crippen LogP contribution in [0, 0.1) is 0 Å². The Hall–Kier alpha value is -6.32. The number of carbonyl (C=O) groups excluding carboxylic acids is 2. The standard InChI is InChI=1S/C37H32O15/c38-17-11-24(44)29-26(12-17)50-34(16-5-7-20(40)23(43)10-16)32(47)31(29)30-25(45)14-21(41)18-13-27(51-36(48)37(49)8-2-1-3-28(37)46)33(52-35(18)30)15-4-6-19(39)22(42)9-15/h2,4-12,14,27,31-34,38-45,47,49H,1,3,13H2/t27-,31?,32+,33+,34+,37?/m0/s1. The highest BCUT2D eigenvalue weighted by atomic mass is 16.6. The summed E-state index contributed by atoms with van der Waals surface area (Å²) in [7, 11) is 0. The minimum atomic E-state index is -2.61. The van der Waals surface area contributed by atoms with Crippen molar-refractivity contribution in [2.75, 3.05) is 0 Å². The van der Waals surface area contributed by atoms with E-state index >= 15 is 0 Å². The first-order valence-corrected chi connectivity index (χ1v) is 16.0. The van der Waals surface area contributed by atoms with Crippen molar-refractivity contribution in [3.05, 3.63) is 94.6 Å². The maximum absolute atomic E-state index is 13.4. The minimum absolute atomic E-state index is 0.0697. The van der Waals surface area contributed by atoms with Gasteiger partial charge in [0.25, 0.3) is 0 Å². The van der Waals surface area contributed by atoms with Gasteiger partial charge in [-0.05, 0) is 42.3 Å². The number of ketones is 1. The average molecular weight is 717 g/mol. The summed E-state index contributed by atoms with van der Waals surface area (Å²) >= 11 is 0. The number of ether oxygens (including phenoxy) is 3. The van der Waals surface area contributed by atoms with Crippen LogP contribution < -0.4 is 9.47 Å². The topological polar surface area (TPSA) is 264 Å². The first-order chi connectivity index (χ1) is 24.7. The van der Waals surface area contributed by atoms with Crippen LogP contribution in [-0.2, 0) is 20.7 Å². The molecule has 1 aliphatic carbocycles. The van der Waals surface area contributed by atoms with Crippen LogP contribution >= 0.6 is 0 Å². The van der Waals surface area contributed by atoms with Crippen LogP contribution in [0.1, 0.15) is 58.8 Å². The molecule has 10 N–H and O–H groups in total. The molecule has 15 nitrogen and oxygen atoms in total. The number of benzene rings is 4. The van der Waals surface area contributed by atoms with Gasteiger partial charge in [-0.1, -0.05) is 18.2 Å². The van der Waals surface area contributed by atoms with Gasteiger partial charge in [-0.2, -0.15) is 0 Å². The minimum Gasteiger partial charge on any atom is -0.508 e. The summed E-state index contributed by atoms with van der Waals surface area (Å²) in [5.41, 5.74) is -2.76. The summed E-state index contributed by atoms with van der Waals surface area (Å²) in [6, 6.07) is 10.3. The molecular formula is C37H32O15. The molecule has 0 saturated heterocycles. The molecule has 270 valence electrons. The number of fused-ring (bicyclic) bond motifs is 2. The van der Waals surface area contributed by atoms with Crippen molar-refractivity contribution in [3.63, 3.8) is 0 Å². The van der Waals surface area contributed by atoms with Crippen LogP contribution in [0.4, 0.5) is 0 Å². The second kappa shape index (κ2) is 12.5.